The minimum absolute atomic E-state index is 0.190. The number of carbonyl (C=O) groups excluding carboxylic acids is 1. The molecule has 2 aromatic heterocycles. The molecule has 3 heterocycles. The van der Waals surface area contributed by atoms with Crippen LogP contribution in [0.1, 0.15) is 40.8 Å². The molecule has 1 aliphatic rings. The minimum Gasteiger partial charge on any atom is -0.463 e. The highest BCUT2D eigenvalue weighted by molar-refractivity contribution is 7.98. The zero-order chi connectivity index (χ0) is 33.2. The first kappa shape index (κ1) is 31.2. The summed E-state index contributed by atoms with van der Waals surface area (Å²) in [5.41, 5.74) is 5.55. The molecule has 4 aromatic carbocycles. The largest absolute Gasteiger partial charge is 0.463 e. The number of hydrogen-bond acceptors (Lipinski definition) is 7. The van der Waals surface area contributed by atoms with Crippen molar-refractivity contribution in [2.75, 3.05) is 12.9 Å². The standard InChI is InChI=1S/C39H30N4O3S2/c1-3-46-38(45)34-35(25-11-5-4-6-12-25)41-39-43(36(34)26-17-19-30(47-2)20-18-26)37(44)33(48-39)21-29-24-42(32-16-10-9-15-31(29)32)23-28-14-8-7-13-27(28)22-40/h4-21,24,36H,3,23H2,1-2H3/b33-21+/t36-/m1/s1. The molecule has 1 atom stereocenters. The molecule has 9 heteroatoms. The molecule has 0 saturated carbocycles. The molecule has 48 heavy (non-hydrogen) atoms. The molecular formula is C39H30N4O3S2. The summed E-state index contributed by atoms with van der Waals surface area (Å²) < 4.78 is 9.84. The summed E-state index contributed by atoms with van der Waals surface area (Å²) in [7, 11) is 0. The molecule has 6 aromatic rings. The zero-order valence-corrected chi connectivity index (χ0v) is 27.9. The fraction of sp³-hybridized carbons (Fsp3) is 0.128. The summed E-state index contributed by atoms with van der Waals surface area (Å²) in [5, 5.41) is 10.7. The number of nitrogens with zero attached hydrogens (tertiary/aromatic N) is 4. The molecule has 0 fully saturated rings. The van der Waals surface area contributed by atoms with Gasteiger partial charge < -0.3 is 9.30 Å². The molecule has 0 bridgehead atoms. The summed E-state index contributed by atoms with van der Waals surface area (Å²) in [6.45, 7) is 2.47. The highest BCUT2D eigenvalue weighted by Gasteiger charge is 2.35. The quantitative estimate of drug-likeness (QED) is 0.136. The van der Waals surface area contributed by atoms with E-state index in [0.29, 0.717) is 32.7 Å². The Balaban J connectivity index is 1.45. The van der Waals surface area contributed by atoms with Crippen LogP contribution >= 0.6 is 23.1 Å². The Morgan fingerprint density at radius 1 is 1.00 bits per heavy atom. The van der Waals surface area contributed by atoms with E-state index >= 15 is 0 Å². The molecule has 0 saturated heterocycles. The molecular weight excluding hydrogens is 637 g/mol. The summed E-state index contributed by atoms with van der Waals surface area (Å²) in [5.74, 6) is -0.506. The van der Waals surface area contributed by atoms with E-state index in [9.17, 15) is 14.9 Å². The number of ether oxygens (including phenoxy) is 1. The SMILES string of the molecule is CCOC(=O)C1=C(c2ccccc2)N=c2s/c(=C/c3cn(Cc4ccccc4C#N)c4ccccc34)c(=O)n2[C@@H]1c1ccc(SC)cc1. The third-order valence-electron chi connectivity index (χ3n) is 8.39. The number of rotatable bonds is 8. The molecule has 236 valence electrons. The van der Waals surface area contributed by atoms with E-state index in [0.717, 1.165) is 38.1 Å². The first-order chi connectivity index (χ1) is 23.5. The van der Waals surface area contributed by atoms with Gasteiger partial charge in [0, 0.05) is 39.7 Å². The second-order valence-electron chi connectivity index (χ2n) is 11.2. The summed E-state index contributed by atoms with van der Waals surface area (Å²) >= 11 is 2.93. The highest BCUT2D eigenvalue weighted by atomic mass is 32.2. The lowest BCUT2D eigenvalue weighted by Crippen LogP contribution is -2.40. The van der Waals surface area contributed by atoms with Crippen molar-refractivity contribution in [1.82, 2.24) is 9.13 Å². The maximum absolute atomic E-state index is 14.5. The van der Waals surface area contributed by atoms with E-state index in [4.69, 9.17) is 9.73 Å². The van der Waals surface area contributed by atoms with Gasteiger partial charge in [-0.15, -0.1) is 11.8 Å². The van der Waals surface area contributed by atoms with Crippen LogP contribution in [-0.4, -0.2) is 28.0 Å². The number of carbonyl (C=O) groups is 1. The normalized spacial score (nSPS) is 14.4. The van der Waals surface area contributed by atoms with Gasteiger partial charge in [-0.05, 0) is 54.6 Å². The summed E-state index contributed by atoms with van der Waals surface area (Å²) in [4.78, 5) is 34.8. The van der Waals surface area contributed by atoms with Crippen LogP contribution in [0.3, 0.4) is 0 Å². The van der Waals surface area contributed by atoms with E-state index in [2.05, 4.69) is 10.6 Å². The monoisotopic (exact) mass is 666 g/mol. The van der Waals surface area contributed by atoms with Crippen molar-refractivity contribution in [2.45, 2.75) is 24.4 Å². The lowest BCUT2D eigenvalue weighted by atomic mass is 9.93. The number of benzene rings is 4. The van der Waals surface area contributed by atoms with Crippen molar-refractivity contribution >= 4 is 51.7 Å². The molecule has 0 unspecified atom stereocenters. The van der Waals surface area contributed by atoms with Crippen molar-refractivity contribution in [3.8, 4) is 6.07 Å². The van der Waals surface area contributed by atoms with E-state index in [1.165, 1.54) is 11.3 Å². The molecule has 0 N–H and O–H groups in total. The van der Waals surface area contributed by atoms with Crippen LogP contribution in [0.4, 0.5) is 0 Å². The summed E-state index contributed by atoms with van der Waals surface area (Å²) in [6, 6.07) is 34.7. The number of esters is 1. The van der Waals surface area contributed by atoms with Gasteiger partial charge >= 0.3 is 5.97 Å². The minimum atomic E-state index is -0.739. The number of para-hydroxylation sites is 1. The Hall–Kier alpha value is -5.43. The Bertz CT molecular complexity index is 2430. The topological polar surface area (TPSA) is 89.4 Å². The smallest absolute Gasteiger partial charge is 0.338 e. The second-order valence-corrected chi connectivity index (χ2v) is 13.1. The first-order valence-corrected chi connectivity index (χ1v) is 17.5. The lowest BCUT2D eigenvalue weighted by Gasteiger charge is -2.26. The zero-order valence-electron chi connectivity index (χ0n) is 26.3. The van der Waals surface area contributed by atoms with Gasteiger partial charge in [0.2, 0.25) is 0 Å². The van der Waals surface area contributed by atoms with Crippen LogP contribution in [0, 0.1) is 11.3 Å². The molecule has 7 rings (SSSR count). The van der Waals surface area contributed by atoms with Crippen LogP contribution in [0.15, 0.2) is 130 Å². The number of hydrogen-bond donors (Lipinski definition) is 0. The van der Waals surface area contributed by atoms with Gasteiger partial charge in [0.1, 0.15) is 0 Å². The Morgan fingerprint density at radius 3 is 2.48 bits per heavy atom. The van der Waals surface area contributed by atoms with Gasteiger partial charge in [-0.2, -0.15) is 5.26 Å². The van der Waals surface area contributed by atoms with E-state index < -0.39 is 12.0 Å². The third kappa shape index (κ3) is 5.70. The van der Waals surface area contributed by atoms with E-state index in [1.807, 2.05) is 122 Å². The van der Waals surface area contributed by atoms with Gasteiger partial charge in [0.15, 0.2) is 4.80 Å². The van der Waals surface area contributed by atoms with Crippen molar-refractivity contribution in [1.29, 1.82) is 5.26 Å². The van der Waals surface area contributed by atoms with Gasteiger partial charge in [-0.25, -0.2) is 9.79 Å². The molecule has 0 radical (unpaired) electrons. The molecule has 1 aliphatic heterocycles. The predicted octanol–water partition coefficient (Wildman–Crippen LogP) is 6.53. The van der Waals surface area contributed by atoms with Crippen LogP contribution in [0.25, 0.3) is 22.7 Å². The number of aromatic nitrogens is 2. The third-order valence-corrected chi connectivity index (χ3v) is 10.1. The number of thioether (sulfide) groups is 1. The maximum atomic E-state index is 14.5. The average molecular weight is 667 g/mol. The maximum Gasteiger partial charge on any atom is 0.338 e. The van der Waals surface area contributed by atoms with Crippen LogP contribution in [0.2, 0.25) is 0 Å². The van der Waals surface area contributed by atoms with Gasteiger partial charge in [0.05, 0.1) is 40.1 Å². The van der Waals surface area contributed by atoms with Crippen molar-refractivity contribution in [2.24, 2.45) is 4.99 Å². The van der Waals surface area contributed by atoms with E-state index in [1.54, 1.807) is 23.3 Å². The molecule has 0 spiro atoms. The fourth-order valence-corrected chi connectivity index (χ4v) is 7.56. The predicted molar refractivity (Wildman–Crippen MR) is 191 cm³/mol. The fourth-order valence-electron chi connectivity index (χ4n) is 6.16. The van der Waals surface area contributed by atoms with Crippen molar-refractivity contribution < 1.29 is 9.53 Å². The Labute approximate surface area is 285 Å². The molecule has 7 nitrogen and oxygen atoms in total. The lowest BCUT2D eigenvalue weighted by molar-refractivity contribution is -0.138. The van der Waals surface area contributed by atoms with Gasteiger partial charge in [0.25, 0.3) is 5.56 Å². The Morgan fingerprint density at radius 2 is 1.73 bits per heavy atom. The van der Waals surface area contributed by atoms with Crippen LogP contribution in [0.5, 0.6) is 0 Å². The van der Waals surface area contributed by atoms with Gasteiger partial charge in [-0.3, -0.25) is 9.36 Å². The van der Waals surface area contributed by atoms with Crippen LogP contribution < -0.4 is 14.9 Å². The number of thiazole rings is 1. The van der Waals surface area contributed by atoms with E-state index in [-0.39, 0.29) is 12.2 Å². The Kier molecular flexibility index (Phi) is 8.68. The highest BCUT2D eigenvalue weighted by Crippen LogP contribution is 2.36. The van der Waals surface area contributed by atoms with Gasteiger partial charge in [-0.1, -0.05) is 90.2 Å². The van der Waals surface area contributed by atoms with Crippen LogP contribution in [-0.2, 0) is 16.1 Å². The van der Waals surface area contributed by atoms with Crippen molar-refractivity contribution in [3.63, 3.8) is 0 Å². The first-order valence-electron chi connectivity index (χ1n) is 15.5. The van der Waals surface area contributed by atoms with Crippen molar-refractivity contribution in [3.05, 3.63) is 162 Å². The summed E-state index contributed by atoms with van der Waals surface area (Å²) in [6.07, 6.45) is 5.94. The number of nitriles is 1. The molecule has 0 aliphatic carbocycles. The average Bonchev–Trinajstić information content (AvgIpc) is 3.64. The number of fused-ring (bicyclic) bond motifs is 2. The molecule has 0 amide bonds. The second kappa shape index (κ2) is 13.4.